The predicted octanol–water partition coefficient (Wildman–Crippen LogP) is 4.83. The first-order valence-corrected chi connectivity index (χ1v) is 11.2. The molecule has 0 amide bonds. The summed E-state index contributed by atoms with van der Waals surface area (Å²) in [4.78, 5) is 0. The van der Waals surface area contributed by atoms with Crippen LogP contribution < -0.4 is 4.74 Å². The Morgan fingerprint density at radius 3 is 2.23 bits per heavy atom. The zero-order valence-electron chi connectivity index (χ0n) is 17.4. The van der Waals surface area contributed by atoms with Crippen molar-refractivity contribution < 1.29 is 9.84 Å². The summed E-state index contributed by atoms with van der Waals surface area (Å²) < 4.78 is 7.84. The van der Waals surface area contributed by atoms with Crippen molar-refractivity contribution in [1.29, 1.82) is 0 Å². The van der Waals surface area contributed by atoms with Crippen molar-refractivity contribution in [2.24, 2.45) is 0 Å². The van der Waals surface area contributed by atoms with Crippen LogP contribution in [-0.2, 0) is 6.54 Å². The summed E-state index contributed by atoms with van der Waals surface area (Å²) in [6.45, 7) is 2.88. The van der Waals surface area contributed by atoms with Crippen molar-refractivity contribution in [3.8, 4) is 16.9 Å². The van der Waals surface area contributed by atoms with Gasteiger partial charge in [0.15, 0.2) is 5.16 Å². The van der Waals surface area contributed by atoms with Crippen LogP contribution in [0.5, 0.6) is 5.75 Å². The van der Waals surface area contributed by atoms with Crippen molar-refractivity contribution in [2.45, 2.75) is 24.7 Å². The van der Waals surface area contributed by atoms with Gasteiger partial charge >= 0.3 is 0 Å². The highest BCUT2D eigenvalue weighted by Crippen LogP contribution is 2.23. The molecule has 4 aromatic rings. The largest absolute Gasteiger partial charge is 0.491 e. The molecule has 0 saturated heterocycles. The molecule has 0 aliphatic rings. The van der Waals surface area contributed by atoms with E-state index < -0.39 is 6.10 Å². The second-order valence-corrected chi connectivity index (χ2v) is 8.25. The number of nitrogens with zero attached hydrogens (tertiary/aromatic N) is 3. The minimum absolute atomic E-state index is 0.226. The Kier molecular flexibility index (Phi) is 7.02. The molecule has 0 aliphatic heterocycles. The van der Waals surface area contributed by atoms with Gasteiger partial charge in [-0.15, -0.1) is 10.2 Å². The summed E-state index contributed by atoms with van der Waals surface area (Å²) in [5, 5.41) is 19.6. The number of aliphatic hydroxyl groups is 1. The lowest BCUT2D eigenvalue weighted by Crippen LogP contribution is -2.20. The van der Waals surface area contributed by atoms with Crippen LogP contribution in [0.1, 0.15) is 11.4 Å². The Hall–Kier alpha value is -3.09. The lowest BCUT2D eigenvalue weighted by molar-refractivity contribution is 0.126. The fourth-order valence-electron chi connectivity index (χ4n) is 3.20. The first kappa shape index (κ1) is 21.2. The van der Waals surface area contributed by atoms with E-state index in [4.69, 9.17) is 4.74 Å². The second-order valence-electron chi connectivity index (χ2n) is 7.27. The number of hydrogen-bond acceptors (Lipinski definition) is 5. The molecule has 0 radical (unpaired) electrons. The van der Waals surface area contributed by atoms with Gasteiger partial charge < -0.3 is 14.4 Å². The minimum atomic E-state index is -0.610. The van der Waals surface area contributed by atoms with Gasteiger partial charge in [-0.05, 0) is 35.7 Å². The van der Waals surface area contributed by atoms with Crippen LogP contribution in [0.15, 0.2) is 90.1 Å². The Morgan fingerprint density at radius 1 is 0.871 bits per heavy atom. The highest BCUT2D eigenvalue weighted by molar-refractivity contribution is 7.99. The fourth-order valence-corrected chi connectivity index (χ4v) is 4.09. The maximum absolute atomic E-state index is 10.4. The smallest absolute Gasteiger partial charge is 0.191 e. The summed E-state index contributed by atoms with van der Waals surface area (Å²) in [6, 6.07) is 28.3. The molecule has 158 valence electrons. The molecular weight excluding hydrogens is 406 g/mol. The van der Waals surface area contributed by atoms with E-state index in [-0.39, 0.29) is 6.61 Å². The van der Waals surface area contributed by atoms with E-state index in [0.29, 0.717) is 12.3 Å². The average molecular weight is 432 g/mol. The van der Waals surface area contributed by atoms with Gasteiger partial charge in [0, 0.05) is 5.75 Å². The zero-order valence-corrected chi connectivity index (χ0v) is 18.2. The molecule has 1 N–H and O–H groups in total. The first-order valence-electron chi connectivity index (χ1n) is 10.2. The lowest BCUT2D eigenvalue weighted by atomic mass is 10.1. The van der Waals surface area contributed by atoms with E-state index in [2.05, 4.69) is 39.0 Å². The van der Waals surface area contributed by atoms with Gasteiger partial charge in [-0.25, -0.2) is 0 Å². The summed E-state index contributed by atoms with van der Waals surface area (Å²) in [5.74, 6) is 2.08. The van der Waals surface area contributed by atoms with E-state index in [1.807, 2.05) is 67.6 Å². The molecule has 1 heterocycles. The van der Waals surface area contributed by atoms with E-state index in [0.717, 1.165) is 22.3 Å². The van der Waals surface area contributed by atoms with E-state index in [1.54, 1.807) is 0 Å². The highest BCUT2D eigenvalue weighted by atomic mass is 32.2. The van der Waals surface area contributed by atoms with Crippen LogP contribution in [0.4, 0.5) is 0 Å². The molecule has 0 spiro atoms. The van der Waals surface area contributed by atoms with Crippen molar-refractivity contribution in [2.75, 3.05) is 12.4 Å². The summed E-state index contributed by atoms with van der Waals surface area (Å²) in [7, 11) is 0. The van der Waals surface area contributed by atoms with Crippen LogP contribution in [0, 0.1) is 6.92 Å². The Labute approximate surface area is 186 Å². The maximum atomic E-state index is 10.4. The van der Waals surface area contributed by atoms with Gasteiger partial charge in [0.2, 0.25) is 0 Å². The number of hydrogen-bond donors (Lipinski definition) is 1. The fraction of sp³-hybridized carbons (Fsp3) is 0.200. The lowest BCUT2D eigenvalue weighted by Gasteiger charge is -2.13. The van der Waals surface area contributed by atoms with Crippen LogP contribution in [0.25, 0.3) is 11.1 Å². The van der Waals surface area contributed by atoms with Crippen LogP contribution in [0.2, 0.25) is 0 Å². The second kappa shape index (κ2) is 10.3. The number of thioether (sulfide) groups is 1. The third-order valence-electron chi connectivity index (χ3n) is 4.89. The molecule has 6 heteroatoms. The van der Waals surface area contributed by atoms with Gasteiger partial charge in [-0.3, -0.25) is 0 Å². The van der Waals surface area contributed by atoms with Crippen molar-refractivity contribution in [3.63, 3.8) is 0 Å². The predicted molar refractivity (Wildman–Crippen MR) is 124 cm³/mol. The molecule has 0 bridgehead atoms. The molecule has 31 heavy (non-hydrogen) atoms. The third-order valence-corrected chi connectivity index (χ3v) is 6.01. The molecule has 5 nitrogen and oxygen atoms in total. The van der Waals surface area contributed by atoms with Gasteiger partial charge in [-0.1, -0.05) is 84.6 Å². The van der Waals surface area contributed by atoms with Crippen LogP contribution in [-0.4, -0.2) is 38.3 Å². The molecule has 0 aliphatic carbocycles. The normalized spacial score (nSPS) is 11.9. The number of rotatable bonds is 9. The standard InChI is InChI=1S/C25H25N3O2S/c1-19-26-27-25(28(19)16-20-8-4-2-5-9-20)31-18-23(29)17-30-24-14-12-22(13-15-24)21-10-6-3-7-11-21/h2-15,23,29H,16-18H2,1H3. The van der Waals surface area contributed by atoms with Crippen LogP contribution >= 0.6 is 11.8 Å². The minimum Gasteiger partial charge on any atom is -0.491 e. The monoisotopic (exact) mass is 431 g/mol. The topological polar surface area (TPSA) is 60.2 Å². The third kappa shape index (κ3) is 5.75. The average Bonchev–Trinajstić information content (AvgIpc) is 3.17. The van der Waals surface area contributed by atoms with E-state index in [9.17, 15) is 5.11 Å². The van der Waals surface area contributed by atoms with Crippen molar-refractivity contribution >= 4 is 11.8 Å². The Bertz CT molecular complexity index is 1080. The highest BCUT2D eigenvalue weighted by Gasteiger charge is 2.13. The van der Waals surface area contributed by atoms with Crippen LogP contribution in [0.3, 0.4) is 0 Å². The van der Waals surface area contributed by atoms with Gasteiger partial charge in [0.25, 0.3) is 0 Å². The SMILES string of the molecule is Cc1nnc(SCC(O)COc2ccc(-c3ccccc3)cc2)n1Cc1ccccc1. The molecule has 1 aromatic heterocycles. The molecule has 3 aromatic carbocycles. The van der Waals surface area contributed by atoms with Gasteiger partial charge in [-0.2, -0.15) is 0 Å². The molecule has 1 unspecified atom stereocenters. The molecule has 1 atom stereocenters. The molecule has 0 saturated carbocycles. The van der Waals surface area contributed by atoms with Crippen molar-refractivity contribution in [3.05, 3.63) is 96.3 Å². The Balaban J connectivity index is 1.29. The van der Waals surface area contributed by atoms with Gasteiger partial charge in [0.05, 0.1) is 12.6 Å². The number of aryl methyl sites for hydroxylation is 1. The molecule has 0 fully saturated rings. The van der Waals surface area contributed by atoms with Crippen molar-refractivity contribution in [1.82, 2.24) is 14.8 Å². The number of ether oxygens (including phenoxy) is 1. The number of benzene rings is 3. The summed E-state index contributed by atoms with van der Waals surface area (Å²) >= 11 is 1.49. The zero-order chi connectivity index (χ0) is 21.5. The quantitative estimate of drug-likeness (QED) is 0.385. The first-order chi connectivity index (χ1) is 15.2. The molecular formula is C25H25N3O2S. The molecule has 4 rings (SSSR count). The van der Waals surface area contributed by atoms with E-state index in [1.165, 1.54) is 22.9 Å². The maximum Gasteiger partial charge on any atom is 0.191 e. The number of aliphatic hydroxyl groups excluding tert-OH is 1. The number of aromatic nitrogens is 3. The summed E-state index contributed by atoms with van der Waals surface area (Å²) in [6.07, 6.45) is -0.610. The van der Waals surface area contributed by atoms with Gasteiger partial charge in [0.1, 0.15) is 18.2 Å². The Morgan fingerprint density at radius 2 is 1.52 bits per heavy atom. The van der Waals surface area contributed by atoms with E-state index >= 15 is 0 Å². The summed E-state index contributed by atoms with van der Waals surface area (Å²) in [5.41, 5.74) is 3.49.